The quantitative estimate of drug-likeness (QED) is 0.431. The van der Waals surface area contributed by atoms with Gasteiger partial charge in [0.1, 0.15) is 0 Å². The lowest BCUT2D eigenvalue weighted by molar-refractivity contribution is -0.523. The van der Waals surface area contributed by atoms with E-state index in [1.54, 1.807) is 6.92 Å². The number of benzene rings is 1. The summed E-state index contributed by atoms with van der Waals surface area (Å²) in [5.41, 5.74) is 0.948. The van der Waals surface area contributed by atoms with Crippen LogP contribution in [0.2, 0.25) is 0 Å². The van der Waals surface area contributed by atoms with Crippen LogP contribution >= 0.6 is 0 Å². The molecule has 0 heterocycles. The van der Waals surface area contributed by atoms with Crippen LogP contribution < -0.4 is 0 Å². The van der Waals surface area contributed by atoms with Gasteiger partial charge >= 0.3 is 5.97 Å². The maximum absolute atomic E-state index is 11.0. The Balaban J connectivity index is 2.50. The van der Waals surface area contributed by atoms with E-state index >= 15 is 0 Å². The van der Waals surface area contributed by atoms with Crippen molar-refractivity contribution in [2.75, 3.05) is 0 Å². The van der Waals surface area contributed by atoms with Crippen LogP contribution in [0.4, 0.5) is 0 Å². The van der Waals surface area contributed by atoms with Crippen LogP contribution in [0, 0.1) is 10.1 Å². The molecule has 1 aromatic carbocycles. The minimum Gasteiger partial charge on any atom is -0.463 e. The van der Waals surface area contributed by atoms with Crippen molar-refractivity contribution in [3.63, 3.8) is 0 Å². The molecule has 0 fully saturated rings. The van der Waals surface area contributed by atoms with Crippen molar-refractivity contribution in [1.82, 2.24) is 0 Å². The number of carbonyl (C=O) groups excluding carboxylic acids is 1. The molecule has 5 nitrogen and oxygen atoms in total. The summed E-state index contributed by atoms with van der Waals surface area (Å²) in [6.45, 7) is 3.09. The number of nitrogens with zero attached hydrogens (tertiary/aromatic N) is 1. The van der Waals surface area contributed by atoms with E-state index in [-0.39, 0.29) is 17.0 Å². The average molecular weight is 265 g/mol. The van der Waals surface area contributed by atoms with Gasteiger partial charge in [-0.3, -0.25) is 14.9 Å². The number of esters is 1. The molecule has 0 spiro atoms. The van der Waals surface area contributed by atoms with Crippen LogP contribution in [-0.4, -0.2) is 23.0 Å². The summed E-state index contributed by atoms with van der Waals surface area (Å²) in [7, 11) is 0. The highest BCUT2D eigenvalue weighted by Gasteiger charge is 2.22. The van der Waals surface area contributed by atoms with E-state index in [0.717, 1.165) is 5.56 Å². The first-order valence-corrected chi connectivity index (χ1v) is 6.33. The maximum atomic E-state index is 11.0. The Morgan fingerprint density at radius 1 is 1.32 bits per heavy atom. The molecule has 1 rings (SSSR count). The highest BCUT2D eigenvalue weighted by molar-refractivity contribution is 5.66. The maximum Gasteiger partial charge on any atom is 0.302 e. The number of hydrogen-bond acceptors (Lipinski definition) is 4. The smallest absolute Gasteiger partial charge is 0.302 e. The first-order chi connectivity index (χ1) is 8.99. The predicted molar refractivity (Wildman–Crippen MR) is 71.4 cm³/mol. The van der Waals surface area contributed by atoms with E-state index in [9.17, 15) is 14.9 Å². The molecule has 0 aliphatic carbocycles. The Kier molecular flexibility index (Phi) is 5.99. The van der Waals surface area contributed by atoms with E-state index < -0.39 is 6.04 Å². The van der Waals surface area contributed by atoms with Crippen molar-refractivity contribution in [3.8, 4) is 0 Å². The van der Waals surface area contributed by atoms with Gasteiger partial charge in [0, 0.05) is 24.7 Å². The Morgan fingerprint density at radius 2 is 1.95 bits per heavy atom. The summed E-state index contributed by atoms with van der Waals surface area (Å²) in [4.78, 5) is 21.5. The van der Waals surface area contributed by atoms with Crippen molar-refractivity contribution >= 4 is 5.97 Å². The largest absolute Gasteiger partial charge is 0.463 e. The molecular weight excluding hydrogens is 246 g/mol. The zero-order chi connectivity index (χ0) is 14.3. The molecule has 104 valence electrons. The molecule has 0 saturated heterocycles. The molecular formula is C14H19NO4. The van der Waals surface area contributed by atoms with Crippen LogP contribution in [0.15, 0.2) is 30.3 Å². The van der Waals surface area contributed by atoms with E-state index in [0.29, 0.717) is 19.3 Å². The lowest BCUT2D eigenvalue weighted by Gasteiger charge is -2.14. The Morgan fingerprint density at radius 3 is 2.47 bits per heavy atom. The summed E-state index contributed by atoms with van der Waals surface area (Å²) in [5.74, 6) is -0.354. The second-order valence-corrected chi connectivity index (χ2v) is 4.63. The topological polar surface area (TPSA) is 69.4 Å². The standard InChI is InChI=1S/C14H19NO4/c1-11(19-12(2)16)8-9-14(15(17)18)10-13-6-4-3-5-7-13/h3-7,11,14H,8-10H2,1-2H3/t11-,14?/m0/s1. The third-order valence-electron chi connectivity index (χ3n) is 2.89. The molecule has 0 amide bonds. The Labute approximate surface area is 112 Å². The highest BCUT2D eigenvalue weighted by Crippen LogP contribution is 2.13. The third kappa shape index (κ3) is 5.99. The highest BCUT2D eigenvalue weighted by atomic mass is 16.6. The van der Waals surface area contributed by atoms with Gasteiger partial charge < -0.3 is 4.74 Å². The van der Waals surface area contributed by atoms with Gasteiger partial charge in [0.25, 0.3) is 0 Å². The van der Waals surface area contributed by atoms with E-state index in [1.165, 1.54) is 6.92 Å². The SMILES string of the molecule is CC(=O)O[C@@H](C)CCC(Cc1ccccc1)[N+](=O)[O-]. The van der Waals surface area contributed by atoms with Crippen molar-refractivity contribution in [2.45, 2.75) is 45.3 Å². The third-order valence-corrected chi connectivity index (χ3v) is 2.89. The minimum atomic E-state index is -0.639. The van der Waals surface area contributed by atoms with Gasteiger partial charge in [-0.25, -0.2) is 0 Å². The van der Waals surface area contributed by atoms with E-state index in [1.807, 2.05) is 30.3 Å². The number of hydrogen-bond donors (Lipinski definition) is 0. The summed E-state index contributed by atoms with van der Waals surface area (Å²) < 4.78 is 4.97. The Bertz CT molecular complexity index is 419. The fourth-order valence-corrected chi connectivity index (χ4v) is 1.94. The Hall–Kier alpha value is -1.91. The van der Waals surface area contributed by atoms with Crippen LogP contribution in [0.5, 0.6) is 0 Å². The fraction of sp³-hybridized carbons (Fsp3) is 0.500. The van der Waals surface area contributed by atoms with Gasteiger partial charge in [0.2, 0.25) is 6.04 Å². The van der Waals surface area contributed by atoms with Gasteiger partial charge in [-0.1, -0.05) is 30.3 Å². The van der Waals surface area contributed by atoms with Crippen LogP contribution in [-0.2, 0) is 16.0 Å². The van der Waals surface area contributed by atoms with Gasteiger partial charge in [-0.15, -0.1) is 0 Å². The summed E-state index contributed by atoms with van der Waals surface area (Å²) in [6, 6.07) is 8.74. The van der Waals surface area contributed by atoms with E-state index in [2.05, 4.69) is 0 Å². The van der Waals surface area contributed by atoms with Crippen LogP contribution in [0.25, 0.3) is 0 Å². The van der Waals surface area contributed by atoms with Crippen molar-refractivity contribution in [2.24, 2.45) is 0 Å². The zero-order valence-corrected chi connectivity index (χ0v) is 11.2. The number of nitro groups is 1. The molecule has 0 aliphatic heterocycles. The second kappa shape index (κ2) is 7.51. The summed E-state index contributed by atoms with van der Waals surface area (Å²) in [6.07, 6.45) is 1.02. The average Bonchev–Trinajstić information content (AvgIpc) is 2.34. The van der Waals surface area contributed by atoms with Crippen molar-refractivity contribution < 1.29 is 14.5 Å². The zero-order valence-electron chi connectivity index (χ0n) is 11.2. The summed E-state index contributed by atoms with van der Waals surface area (Å²) in [5, 5.41) is 11.0. The number of ether oxygens (including phenoxy) is 1. The first-order valence-electron chi connectivity index (χ1n) is 6.33. The molecule has 19 heavy (non-hydrogen) atoms. The molecule has 0 aliphatic rings. The lowest BCUT2D eigenvalue weighted by atomic mass is 10.0. The molecule has 0 radical (unpaired) electrons. The number of rotatable bonds is 7. The van der Waals surface area contributed by atoms with Crippen molar-refractivity contribution in [3.05, 3.63) is 46.0 Å². The second-order valence-electron chi connectivity index (χ2n) is 4.63. The van der Waals surface area contributed by atoms with Gasteiger partial charge in [-0.2, -0.15) is 0 Å². The molecule has 0 bridgehead atoms. The lowest BCUT2D eigenvalue weighted by Crippen LogP contribution is -2.24. The normalized spacial score (nSPS) is 13.6. The van der Waals surface area contributed by atoms with Gasteiger partial charge in [-0.05, 0) is 18.9 Å². The minimum absolute atomic E-state index is 0.256. The first kappa shape index (κ1) is 15.1. The number of carbonyl (C=O) groups is 1. The fourth-order valence-electron chi connectivity index (χ4n) is 1.94. The molecule has 0 saturated carbocycles. The van der Waals surface area contributed by atoms with Gasteiger partial charge in [0.05, 0.1) is 6.10 Å². The predicted octanol–water partition coefficient (Wildman–Crippen LogP) is 2.61. The molecule has 1 aromatic rings. The molecule has 5 heteroatoms. The summed E-state index contributed by atoms with van der Waals surface area (Å²) >= 11 is 0. The molecule has 1 unspecified atom stereocenters. The monoisotopic (exact) mass is 265 g/mol. The molecule has 0 N–H and O–H groups in total. The van der Waals surface area contributed by atoms with Gasteiger partial charge in [0.15, 0.2) is 0 Å². The van der Waals surface area contributed by atoms with E-state index in [4.69, 9.17) is 4.74 Å². The molecule has 0 aromatic heterocycles. The molecule has 2 atom stereocenters. The van der Waals surface area contributed by atoms with Crippen LogP contribution in [0.3, 0.4) is 0 Å². The van der Waals surface area contributed by atoms with Crippen LogP contribution in [0.1, 0.15) is 32.3 Å². The van der Waals surface area contributed by atoms with Crippen molar-refractivity contribution in [1.29, 1.82) is 0 Å².